The second-order valence-electron chi connectivity index (χ2n) is 3.23. The quantitative estimate of drug-likeness (QED) is 0.783. The summed E-state index contributed by atoms with van der Waals surface area (Å²) in [5.74, 6) is -1.87. The zero-order valence-electron chi connectivity index (χ0n) is 8.36. The number of rotatable bonds is 2. The van der Waals surface area contributed by atoms with Crippen molar-refractivity contribution in [3.63, 3.8) is 0 Å². The largest absolute Gasteiger partial charge is 0.405 e. The minimum Gasteiger partial charge on any atom is -0.343 e. The van der Waals surface area contributed by atoms with Crippen LogP contribution in [0.5, 0.6) is 0 Å². The SMILES string of the molecule is Cc1cccc(C(=O)NCC(F)(F)F)c1F. The van der Waals surface area contributed by atoms with Crippen molar-refractivity contribution in [1.29, 1.82) is 0 Å². The summed E-state index contributed by atoms with van der Waals surface area (Å²) in [7, 11) is 0. The van der Waals surface area contributed by atoms with Gasteiger partial charge in [0.2, 0.25) is 0 Å². The predicted octanol–water partition coefficient (Wildman–Crippen LogP) is 2.43. The fourth-order valence-corrected chi connectivity index (χ4v) is 1.10. The van der Waals surface area contributed by atoms with Gasteiger partial charge in [0, 0.05) is 0 Å². The normalized spacial score (nSPS) is 11.3. The minimum absolute atomic E-state index is 0.208. The van der Waals surface area contributed by atoms with Crippen molar-refractivity contribution in [3.05, 3.63) is 35.1 Å². The molecular weight excluding hydrogens is 226 g/mol. The first kappa shape index (κ1) is 12.5. The summed E-state index contributed by atoms with van der Waals surface area (Å²) in [5, 5.41) is 1.60. The van der Waals surface area contributed by atoms with E-state index >= 15 is 0 Å². The summed E-state index contributed by atoms with van der Waals surface area (Å²) in [5.41, 5.74) is -0.177. The van der Waals surface area contributed by atoms with E-state index in [1.165, 1.54) is 19.1 Å². The monoisotopic (exact) mass is 235 g/mol. The van der Waals surface area contributed by atoms with Crippen molar-refractivity contribution in [1.82, 2.24) is 5.32 Å². The first-order valence-electron chi connectivity index (χ1n) is 4.41. The molecule has 0 saturated carbocycles. The molecule has 0 aliphatic rings. The van der Waals surface area contributed by atoms with E-state index in [1.54, 1.807) is 5.32 Å². The van der Waals surface area contributed by atoms with Gasteiger partial charge in [0.15, 0.2) is 0 Å². The van der Waals surface area contributed by atoms with Gasteiger partial charge in [-0.25, -0.2) is 4.39 Å². The van der Waals surface area contributed by atoms with Crippen LogP contribution in [0.15, 0.2) is 18.2 Å². The van der Waals surface area contributed by atoms with E-state index in [9.17, 15) is 22.4 Å². The van der Waals surface area contributed by atoms with Crippen molar-refractivity contribution in [2.75, 3.05) is 6.54 Å². The average Bonchev–Trinajstić information content (AvgIpc) is 2.17. The maximum Gasteiger partial charge on any atom is 0.405 e. The Bertz CT molecular complexity index is 400. The second kappa shape index (κ2) is 4.51. The highest BCUT2D eigenvalue weighted by molar-refractivity contribution is 5.94. The molecule has 1 aromatic carbocycles. The van der Waals surface area contributed by atoms with Gasteiger partial charge in [0.05, 0.1) is 5.56 Å². The molecule has 1 aromatic rings. The molecule has 0 atom stereocenters. The molecule has 0 aliphatic heterocycles. The van der Waals surface area contributed by atoms with Gasteiger partial charge in [-0.1, -0.05) is 12.1 Å². The standard InChI is InChI=1S/C10H9F4NO/c1-6-3-2-4-7(8(6)11)9(16)15-5-10(12,13)14/h2-4H,5H2,1H3,(H,15,16). The highest BCUT2D eigenvalue weighted by Crippen LogP contribution is 2.14. The third kappa shape index (κ3) is 3.22. The van der Waals surface area contributed by atoms with Crippen LogP contribution in [0.4, 0.5) is 17.6 Å². The van der Waals surface area contributed by atoms with Gasteiger partial charge in [-0.3, -0.25) is 4.79 Å². The van der Waals surface area contributed by atoms with Crippen LogP contribution in [0.25, 0.3) is 0 Å². The Morgan fingerprint density at radius 2 is 2.00 bits per heavy atom. The fraction of sp³-hybridized carbons (Fsp3) is 0.300. The van der Waals surface area contributed by atoms with E-state index < -0.39 is 24.4 Å². The maximum atomic E-state index is 13.3. The number of carbonyl (C=O) groups is 1. The lowest BCUT2D eigenvalue weighted by molar-refractivity contribution is -0.123. The molecule has 6 heteroatoms. The van der Waals surface area contributed by atoms with Gasteiger partial charge in [0.25, 0.3) is 5.91 Å². The van der Waals surface area contributed by atoms with Gasteiger partial charge in [-0.15, -0.1) is 0 Å². The van der Waals surface area contributed by atoms with E-state index in [2.05, 4.69) is 0 Å². The molecule has 0 spiro atoms. The van der Waals surface area contributed by atoms with Gasteiger partial charge < -0.3 is 5.32 Å². The first-order valence-corrected chi connectivity index (χ1v) is 4.41. The lowest BCUT2D eigenvalue weighted by atomic mass is 10.1. The Balaban J connectivity index is 2.78. The molecule has 0 aliphatic carbocycles. The second-order valence-corrected chi connectivity index (χ2v) is 3.23. The van der Waals surface area contributed by atoms with E-state index in [-0.39, 0.29) is 11.1 Å². The smallest absolute Gasteiger partial charge is 0.343 e. The summed E-state index contributed by atoms with van der Waals surface area (Å²) >= 11 is 0. The summed E-state index contributed by atoms with van der Waals surface area (Å²) < 4.78 is 48.7. The van der Waals surface area contributed by atoms with E-state index in [4.69, 9.17) is 0 Å². The maximum absolute atomic E-state index is 13.3. The summed E-state index contributed by atoms with van der Waals surface area (Å²) in [4.78, 5) is 11.2. The van der Waals surface area contributed by atoms with Gasteiger partial charge in [-0.05, 0) is 18.6 Å². The van der Waals surface area contributed by atoms with E-state index in [0.29, 0.717) is 0 Å². The number of hydrogen-bond donors (Lipinski definition) is 1. The molecule has 0 heterocycles. The average molecular weight is 235 g/mol. The van der Waals surface area contributed by atoms with Crippen LogP contribution in [0.3, 0.4) is 0 Å². The lowest BCUT2D eigenvalue weighted by Crippen LogP contribution is -2.34. The minimum atomic E-state index is -4.50. The molecule has 2 nitrogen and oxygen atoms in total. The Kier molecular flexibility index (Phi) is 3.51. The molecule has 0 saturated heterocycles. The molecule has 0 radical (unpaired) electrons. The molecule has 1 amide bonds. The Morgan fingerprint density at radius 1 is 1.38 bits per heavy atom. The van der Waals surface area contributed by atoms with Crippen LogP contribution in [-0.2, 0) is 0 Å². The van der Waals surface area contributed by atoms with E-state index in [1.807, 2.05) is 0 Å². The van der Waals surface area contributed by atoms with Crippen LogP contribution < -0.4 is 5.32 Å². The van der Waals surface area contributed by atoms with Crippen LogP contribution in [0.2, 0.25) is 0 Å². The van der Waals surface area contributed by atoms with Gasteiger partial charge >= 0.3 is 6.18 Å². The fourth-order valence-electron chi connectivity index (χ4n) is 1.10. The number of halogens is 4. The third-order valence-electron chi connectivity index (χ3n) is 1.89. The molecule has 0 aromatic heterocycles. The van der Waals surface area contributed by atoms with Crippen molar-refractivity contribution >= 4 is 5.91 Å². The molecule has 16 heavy (non-hydrogen) atoms. The van der Waals surface area contributed by atoms with Crippen molar-refractivity contribution in [3.8, 4) is 0 Å². The topological polar surface area (TPSA) is 29.1 Å². The van der Waals surface area contributed by atoms with Crippen LogP contribution in [0, 0.1) is 12.7 Å². The zero-order valence-corrected chi connectivity index (χ0v) is 8.36. The summed E-state index contributed by atoms with van der Waals surface area (Å²) in [6.45, 7) is -0.0465. The molecule has 88 valence electrons. The molecule has 0 bridgehead atoms. The molecule has 0 fully saturated rings. The van der Waals surface area contributed by atoms with Crippen molar-refractivity contribution in [2.24, 2.45) is 0 Å². The lowest BCUT2D eigenvalue weighted by Gasteiger charge is -2.09. The Morgan fingerprint density at radius 3 is 2.56 bits per heavy atom. The number of carbonyl (C=O) groups excluding carboxylic acids is 1. The van der Waals surface area contributed by atoms with Crippen LogP contribution in [-0.4, -0.2) is 18.6 Å². The number of benzene rings is 1. The predicted molar refractivity (Wildman–Crippen MR) is 49.5 cm³/mol. The zero-order chi connectivity index (χ0) is 12.3. The molecule has 0 unspecified atom stereocenters. The van der Waals surface area contributed by atoms with E-state index in [0.717, 1.165) is 6.07 Å². The third-order valence-corrected chi connectivity index (χ3v) is 1.89. The number of hydrogen-bond acceptors (Lipinski definition) is 1. The van der Waals surface area contributed by atoms with Gasteiger partial charge in [0.1, 0.15) is 12.4 Å². The Hall–Kier alpha value is -1.59. The van der Waals surface area contributed by atoms with Crippen molar-refractivity contribution < 1.29 is 22.4 Å². The number of nitrogens with one attached hydrogen (secondary N) is 1. The number of aryl methyl sites for hydroxylation is 1. The first-order chi connectivity index (χ1) is 7.31. The highest BCUT2D eigenvalue weighted by atomic mass is 19.4. The van der Waals surface area contributed by atoms with Crippen LogP contribution in [0.1, 0.15) is 15.9 Å². The molecule has 1 rings (SSSR count). The Labute approximate surface area is 89.3 Å². The van der Waals surface area contributed by atoms with Gasteiger partial charge in [-0.2, -0.15) is 13.2 Å². The summed E-state index contributed by atoms with van der Waals surface area (Å²) in [6, 6.07) is 3.96. The number of amides is 1. The number of alkyl halides is 3. The molecule has 1 N–H and O–H groups in total. The van der Waals surface area contributed by atoms with Crippen molar-refractivity contribution in [2.45, 2.75) is 13.1 Å². The molecular formula is C10H9F4NO. The summed E-state index contributed by atoms with van der Waals surface area (Å²) in [6.07, 6.45) is -4.50. The van der Waals surface area contributed by atoms with Crippen LogP contribution >= 0.6 is 0 Å². The highest BCUT2D eigenvalue weighted by Gasteiger charge is 2.28.